The van der Waals surface area contributed by atoms with Gasteiger partial charge in [0.25, 0.3) is 0 Å². The minimum Gasteiger partial charge on any atom is -0.335 e. The zero-order chi connectivity index (χ0) is 10.3. The first-order valence-electron chi connectivity index (χ1n) is 5.63. The highest BCUT2D eigenvalue weighted by Gasteiger charge is 2.55. The first-order valence-corrected chi connectivity index (χ1v) is 5.63. The van der Waals surface area contributed by atoms with Gasteiger partial charge in [-0.25, -0.2) is 0 Å². The summed E-state index contributed by atoms with van der Waals surface area (Å²) in [7, 11) is 0. The lowest BCUT2D eigenvalue weighted by molar-refractivity contribution is -0.142. The lowest BCUT2D eigenvalue weighted by Crippen LogP contribution is -2.61. The molecule has 3 nitrogen and oxygen atoms in total. The molecular formula is C11H20N2O. The number of hydrogen-bond acceptors (Lipinski definition) is 2. The van der Waals surface area contributed by atoms with Crippen molar-refractivity contribution in [2.45, 2.75) is 38.6 Å². The fourth-order valence-corrected chi connectivity index (χ4v) is 2.98. The van der Waals surface area contributed by atoms with Crippen LogP contribution in [0.4, 0.5) is 0 Å². The highest BCUT2D eigenvalue weighted by molar-refractivity contribution is 5.79. The molecule has 2 rings (SSSR count). The zero-order valence-corrected chi connectivity index (χ0v) is 9.12. The molecule has 2 fully saturated rings. The molecule has 1 amide bonds. The van der Waals surface area contributed by atoms with Gasteiger partial charge in [-0.2, -0.15) is 0 Å². The van der Waals surface area contributed by atoms with Crippen molar-refractivity contribution in [3.63, 3.8) is 0 Å². The van der Waals surface area contributed by atoms with Crippen molar-refractivity contribution in [2.75, 3.05) is 13.1 Å². The predicted molar refractivity (Wildman–Crippen MR) is 55.7 cm³/mol. The van der Waals surface area contributed by atoms with E-state index in [0.29, 0.717) is 12.5 Å². The van der Waals surface area contributed by atoms with Crippen LogP contribution in [0.5, 0.6) is 0 Å². The minimum absolute atomic E-state index is 0.0569. The molecule has 1 saturated carbocycles. The van der Waals surface area contributed by atoms with Crippen molar-refractivity contribution in [1.29, 1.82) is 0 Å². The van der Waals surface area contributed by atoms with E-state index < -0.39 is 0 Å². The third-order valence-corrected chi connectivity index (χ3v) is 4.04. The van der Waals surface area contributed by atoms with Gasteiger partial charge in [0.2, 0.25) is 5.91 Å². The Morgan fingerprint density at radius 1 is 1.57 bits per heavy atom. The molecule has 0 spiro atoms. The van der Waals surface area contributed by atoms with Crippen LogP contribution in [-0.4, -0.2) is 29.4 Å². The first-order chi connectivity index (χ1) is 6.62. The monoisotopic (exact) mass is 196 g/mol. The van der Waals surface area contributed by atoms with Crippen molar-refractivity contribution >= 4 is 5.91 Å². The molecule has 1 aliphatic heterocycles. The van der Waals surface area contributed by atoms with E-state index in [1.165, 1.54) is 6.42 Å². The summed E-state index contributed by atoms with van der Waals surface area (Å²) < 4.78 is 0. The molecule has 0 aromatic heterocycles. The van der Waals surface area contributed by atoms with Crippen molar-refractivity contribution in [3.8, 4) is 0 Å². The van der Waals surface area contributed by atoms with Gasteiger partial charge in [0.1, 0.15) is 0 Å². The molecule has 3 heteroatoms. The quantitative estimate of drug-likeness (QED) is 0.715. The average Bonchev–Trinajstić information content (AvgIpc) is 2.37. The smallest absolute Gasteiger partial charge is 0.225 e. The van der Waals surface area contributed by atoms with Crippen LogP contribution in [0.1, 0.15) is 33.1 Å². The second kappa shape index (κ2) is 3.23. The number of fused-ring (bicyclic) bond motifs is 1. The molecule has 1 aliphatic carbocycles. The lowest BCUT2D eigenvalue weighted by atomic mass is 9.67. The molecule has 2 aliphatic rings. The number of likely N-dealkylation sites (tertiary alicyclic amines) is 1. The maximum Gasteiger partial charge on any atom is 0.225 e. The summed E-state index contributed by atoms with van der Waals surface area (Å²) in [4.78, 5) is 14.0. The molecular weight excluding hydrogens is 176 g/mol. The zero-order valence-electron chi connectivity index (χ0n) is 9.12. The summed E-state index contributed by atoms with van der Waals surface area (Å²) in [5, 5.41) is 0. The van der Waals surface area contributed by atoms with E-state index in [1.54, 1.807) is 0 Å². The molecule has 80 valence electrons. The van der Waals surface area contributed by atoms with E-state index in [9.17, 15) is 4.79 Å². The Morgan fingerprint density at radius 2 is 2.29 bits per heavy atom. The normalized spacial score (nSPS) is 35.7. The fraction of sp³-hybridized carbons (Fsp3) is 0.909. The summed E-state index contributed by atoms with van der Waals surface area (Å²) in [6.45, 7) is 5.52. The molecule has 0 aromatic carbocycles. The Balaban J connectivity index is 2.16. The number of amides is 1. The van der Waals surface area contributed by atoms with Gasteiger partial charge < -0.3 is 10.6 Å². The highest BCUT2D eigenvalue weighted by Crippen LogP contribution is 2.49. The van der Waals surface area contributed by atoms with Gasteiger partial charge in [0.15, 0.2) is 0 Å². The number of carbonyl (C=O) groups is 1. The summed E-state index contributed by atoms with van der Waals surface area (Å²) in [5.74, 6) is 1.09. The van der Waals surface area contributed by atoms with Gasteiger partial charge in [-0.05, 0) is 25.2 Å². The molecule has 1 saturated heterocycles. The summed E-state index contributed by atoms with van der Waals surface area (Å²) in [6, 6.07) is 0. The number of hydrogen-bond donors (Lipinski definition) is 1. The third kappa shape index (κ3) is 1.11. The van der Waals surface area contributed by atoms with Crippen LogP contribution < -0.4 is 5.73 Å². The number of nitrogens with two attached hydrogens (primary N) is 1. The van der Waals surface area contributed by atoms with Crippen LogP contribution in [-0.2, 0) is 4.79 Å². The number of nitrogens with zero attached hydrogens (tertiary/aromatic N) is 1. The fourth-order valence-electron chi connectivity index (χ4n) is 2.98. The summed E-state index contributed by atoms with van der Waals surface area (Å²) >= 11 is 0. The van der Waals surface area contributed by atoms with Crippen molar-refractivity contribution in [2.24, 2.45) is 17.6 Å². The van der Waals surface area contributed by atoms with E-state index in [1.807, 2.05) is 13.8 Å². The highest BCUT2D eigenvalue weighted by atomic mass is 16.2. The van der Waals surface area contributed by atoms with Crippen LogP contribution in [0, 0.1) is 11.8 Å². The maximum atomic E-state index is 12.0. The maximum absolute atomic E-state index is 12.0. The van der Waals surface area contributed by atoms with Gasteiger partial charge in [-0.15, -0.1) is 0 Å². The summed E-state index contributed by atoms with van der Waals surface area (Å²) in [6.07, 6.45) is 3.54. The van der Waals surface area contributed by atoms with Crippen molar-refractivity contribution < 1.29 is 4.79 Å². The van der Waals surface area contributed by atoms with E-state index in [2.05, 4.69) is 4.90 Å². The van der Waals surface area contributed by atoms with E-state index >= 15 is 0 Å². The SMILES string of the molecule is CC(C)C(=O)N1CCC2CCC21CN. The van der Waals surface area contributed by atoms with Crippen LogP contribution in [0.3, 0.4) is 0 Å². The van der Waals surface area contributed by atoms with Crippen LogP contribution in [0.15, 0.2) is 0 Å². The van der Waals surface area contributed by atoms with Gasteiger partial charge in [-0.3, -0.25) is 4.79 Å². The van der Waals surface area contributed by atoms with Crippen LogP contribution in [0.2, 0.25) is 0 Å². The Bertz CT molecular complexity index is 248. The van der Waals surface area contributed by atoms with E-state index in [-0.39, 0.29) is 17.4 Å². The van der Waals surface area contributed by atoms with Crippen molar-refractivity contribution in [3.05, 3.63) is 0 Å². The Kier molecular flexibility index (Phi) is 2.30. The Hall–Kier alpha value is -0.570. The van der Waals surface area contributed by atoms with E-state index in [0.717, 1.165) is 19.4 Å². The Labute approximate surface area is 85.6 Å². The molecule has 14 heavy (non-hydrogen) atoms. The Morgan fingerprint density at radius 3 is 2.71 bits per heavy atom. The van der Waals surface area contributed by atoms with Gasteiger partial charge in [0, 0.05) is 19.0 Å². The molecule has 0 radical (unpaired) electrons. The average molecular weight is 196 g/mol. The van der Waals surface area contributed by atoms with Gasteiger partial charge in [-0.1, -0.05) is 13.8 Å². The number of rotatable bonds is 2. The second-order valence-electron chi connectivity index (χ2n) is 4.98. The topological polar surface area (TPSA) is 46.3 Å². The van der Waals surface area contributed by atoms with Crippen molar-refractivity contribution in [1.82, 2.24) is 4.90 Å². The molecule has 0 bridgehead atoms. The third-order valence-electron chi connectivity index (χ3n) is 4.04. The van der Waals surface area contributed by atoms with Gasteiger partial charge >= 0.3 is 0 Å². The predicted octanol–water partition coefficient (Wildman–Crippen LogP) is 0.982. The van der Waals surface area contributed by atoms with Gasteiger partial charge in [0.05, 0.1) is 5.54 Å². The number of carbonyl (C=O) groups excluding carboxylic acids is 1. The summed E-state index contributed by atoms with van der Waals surface area (Å²) in [5.41, 5.74) is 5.90. The largest absolute Gasteiger partial charge is 0.335 e. The molecule has 2 atom stereocenters. The van der Waals surface area contributed by atoms with Crippen LogP contribution in [0.25, 0.3) is 0 Å². The first kappa shape index (κ1) is 9.97. The lowest BCUT2D eigenvalue weighted by Gasteiger charge is -2.49. The molecule has 2 N–H and O–H groups in total. The van der Waals surface area contributed by atoms with Crippen LogP contribution >= 0.6 is 0 Å². The molecule has 0 aromatic rings. The standard InChI is InChI=1S/C11H20N2O/c1-8(2)10(14)13-6-4-9-3-5-11(9,13)7-12/h8-9H,3-7,12H2,1-2H3. The molecule has 1 heterocycles. The van der Waals surface area contributed by atoms with E-state index in [4.69, 9.17) is 5.73 Å². The second-order valence-corrected chi connectivity index (χ2v) is 4.98. The molecule has 2 unspecified atom stereocenters. The minimum atomic E-state index is 0.0569.